The normalized spacial score (nSPS) is 25.3. The second-order valence-corrected chi connectivity index (χ2v) is 5.56. The summed E-state index contributed by atoms with van der Waals surface area (Å²) in [5, 5.41) is 3.35. The van der Waals surface area contributed by atoms with Crippen LogP contribution in [0.3, 0.4) is 0 Å². The first-order valence-corrected chi connectivity index (χ1v) is 7.20. The van der Waals surface area contributed by atoms with Crippen molar-refractivity contribution in [2.24, 2.45) is 5.92 Å². The zero-order valence-corrected chi connectivity index (χ0v) is 12.3. The molecule has 1 fully saturated rings. The number of halogens is 2. The molecule has 100 valence electrons. The molecule has 1 heterocycles. The molecule has 2 nitrogen and oxygen atoms in total. The Morgan fingerprint density at radius 3 is 2.94 bits per heavy atom. The lowest BCUT2D eigenvalue weighted by atomic mass is 9.87. The zero-order chi connectivity index (χ0) is 13.1. The smallest absolute Gasteiger partial charge is 0.137 e. The van der Waals surface area contributed by atoms with Crippen molar-refractivity contribution in [3.05, 3.63) is 34.1 Å². The molecule has 1 N–H and O–H groups in total. The van der Waals surface area contributed by atoms with Gasteiger partial charge in [-0.2, -0.15) is 0 Å². The quantitative estimate of drug-likeness (QED) is 0.915. The monoisotopic (exact) mass is 315 g/mol. The molecule has 1 saturated heterocycles. The lowest BCUT2D eigenvalue weighted by Gasteiger charge is -2.27. The number of hydrogen-bond donors (Lipinski definition) is 1. The van der Waals surface area contributed by atoms with Gasteiger partial charge in [0.2, 0.25) is 0 Å². The number of nitrogens with one attached hydrogen (secondary N) is 1. The zero-order valence-electron chi connectivity index (χ0n) is 10.7. The molecule has 0 saturated carbocycles. The third kappa shape index (κ3) is 2.76. The highest BCUT2D eigenvalue weighted by Gasteiger charge is 2.33. The van der Waals surface area contributed by atoms with Gasteiger partial charge in [0, 0.05) is 18.6 Å². The van der Waals surface area contributed by atoms with Gasteiger partial charge in [0.15, 0.2) is 0 Å². The Labute approximate surface area is 116 Å². The van der Waals surface area contributed by atoms with Crippen molar-refractivity contribution in [3.8, 4) is 0 Å². The SMILES string of the molecule is CCC1OCCC1C(NC)c1ccc(F)c(Br)c1. The van der Waals surface area contributed by atoms with Crippen LogP contribution in [0, 0.1) is 11.7 Å². The molecule has 2 rings (SSSR count). The van der Waals surface area contributed by atoms with Gasteiger partial charge < -0.3 is 10.1 Å². The number of rotatable bonds is 4. The lowest BCUT2D eigenvalue weighted by molar-refractivity contribution is 0.0782. The van der Waals surface area contributed by atoms with Crippen LogP contribution < -0.4 is 5.32 Å². The molecule has 18 heavy (non-hydrogen) atoms. The third-order valence-corrected chi connectivity index (χ3v) is 4.31. The van der Waals surface area contributed by atoms with E-state index in [0.29, 0.717) is 16.5 Å². The minimum Gasteiger partial charge on any atom is -0.378 e. The Balaban J connectivity index is 2.24. The average Bonchev–Trinajstić information content (AvgIpc) is 2.83. The molecule has 4 heteroatoms. The van der Waals surface area contributed by atoms with E-state index in [-0.39, 0.29) is 11.9 Å². The van der Waals surface area contributed by atoms with E-state index >= 15 is 0 Å². The van der Waals surface area contributed by atoms with Crippen molar-refractivity contribution < 1.29 is 9.13 Å². The summed E-state index contributed by atoms with van der Waals surface area (Å²) in [7, 11) is 1.95. The molecule has 0 amide bonds. The minimum atomic E-state index is -0.219. The van der Waals surface area contributed by atoms with Crippen LogP contribution in [0.25, 0.3) is 0 Å². The first-order chi connectivity index (χ1) is 8.67. The summed E-state index contributed by atoms with van der Waals surface area (Å²) < 4.78 is 19.6. The molecule has 1 aliphatic rings. The maximum absolute atomic E-state index is 13.3. The van der Waals surface area contributed by atoms with Crippen LogP contribution >= 0.6 is 15.9 Å². The standard InChI is InChI=1S/C14H19BrFNO/c1-3-13-10(6-7-18-13)14(17-2)9-4-5-12(16)11(15)8-9/h4-5,8,10,13-14,17H,3,6-7H2,1-2H3. The van der Waals surface area contributed by atoms with Crippen LogP contribution in [0.2, 0.25) is 0 Å². The molecular weight excluding hydrogens is 297 g/mol. The number of ether oxygens (including phenoxy) is 1. The molecule has 0 aromatic heterocycles. The van der Waals surface area contributed by atoms with Crippen LogP contribution in [0.4, 0.5) is 4.39 Å². The van der Waals surface area contributed by atoms with Gasteiger partial charge in [0.1, 0.15) is 5.82 Å². The molecule has 0 radical (unpaired) electrons. The van der Waals surface area contributed by atoms with E-state index in [0.717, 1.165) is 25.0 Å². The highest BCUT2D eigenvalue weighted by molar-refractivity contribution is 9.10. The van der Waals surface area contributed by atoms with Crippen molar-refractivity contribution in [2.45, 2.75) is 31.9 Å². The van der Waals surface area contributed by atoms with Crippen molar-refractivity contribution in [1.29, 1.82) is 0 Å². The summed E-state index contributed by atoms with van der Waals surface area (Å²) in [6, 6.07) is 5.45. The van der Waals surface area contributed by atoms with Gasteiger partial charge >= 0.3 is 0 Å². The molecular formula is C14H19BrFNO. The Kier molecular flexibility index (Phi) is 4.76. The van der Waals surface area contributed by atoms with Crippen LogP contribution in [0.5, 0.6) is 0 Å². The van der Waals surface area contributed by atoms with E-state index in [1.54, 1.807) is 0 Å². The summed E-state index contributed by atoms with van der Waals surface area (Å²) >= 11 is 3.25. The fourth-order valence-corrected chi connectivity index (χ4v) is 3.20. The lowest BCUT2D eigenvalue weighted by Crippen LogP contribution is -2.30. The van der Waals surface area contributed by atoms with Gasteiger partial charge in [-0.25, -0.2) is 4.39 Å². The first kappa shape index (κ1) is 14.0. The number of hydrogen-bond acceptors (Lipinski definition) is 2. The highest BCUT2D eigenvalue weighted by Crippen LogP contribution is 2.35. The summed E-state index contributed by atoms with van der Waals surface area (Å²) in [6.45, 7) is 2.97. The van der Waals surface area contributed by atoms with Gasteiger partial charge in [-0.1, -0.05) is 13.0 Å². The number of benzene rings is 1. The fourth-order valence-electron chi connectivity index (χ4n) is 2.80. The first-order valence-electron chi connectivity index (χ1n) is 6.41. The Morgan fingerprint density at radius 2 is 2.33 bits per heavy atom. The average molecular weight is 316 g/mol. The predicted octanol–water partition coefficient (Wildman–Crippen LogP) is 3.66. The van der Waals surface area contributed by atoms with Gasteiger partial charge in [0.25, 0.3) is 0 Å². The second kappa shape index (κ2) is 6.13. The molecule has 1 aromatic rings. The van der Waals surface area contributed by atoms with Crippen molar-refractivity contribution in [2.75, 3.05) is 13.7 Å². The van der Waals surface area contributed by atoms with Gasteiger partial charge in [0.05, 0.1) is 10.6 Å². The molecule has 0 bridgehead atoms. The van der Waals surface area contributed by atoms with Gasteiger partial charge in [-0.05, 0) is 53.5 Å². The largest absolute Gasteiger partial charge is 0.378 e. The Morgan fingerprint density at radius 1 is 1.56 bits per heavy atom. The second-order valence-electron chi connectivity index (χ2n) is 4.71. The molecule has 0 spiro atoms. The summed E-state index contributed by atoms with van der Waals surface area (Å²) in [5.41, 5.74) is 1.11. The molecule has 0 aliphatic carbocycles. The van der Waals surface area contributed by atoms with E-state index in [4.69, 9.17) is 4.74 Å². The van der Waals surface area contributed by atoms with Crippen LogP contribution in [-0.4, -0.2) is 19.8 Å². The Hall–Kier alpha value is -0.450. The van der Waals surface area contributed by atoms with Crippen molar-refractivity contribution in [3.63, 3.8) is 0 Å². The summed E-state index contributed by atoms with van der Waals surface area (Å²) in [5.74, 6) is 0.237. The molecule has 1 aliphatic heterocycles. The third-order valence-electron chi connectivity index (χ3n) is 3.70. The van der Waals surface area contributed by atoms with Gasteiger partial charge in [-0.3, -0.25) is 0 Å². The molecule has 3 atom stereocenters. The van der Waals surface area contributed by atoms with Crippen LogP contribution in [-0.2, 0) is 4.74 Å². The molecule has 1 aromatic carbocycles. The van der Waals surface area contributed by atoms with E-state index in [1.165, 1.54) is 6.07 Å². The van der Waals surface area contributed by atoms with E-state index in [2.05, 4.69) is 28.2 Å². The van der Waals surface area contributed by atoms with E-state index in [9.17, 15) is 4.39 Å². The minimum absolute atomic E-state index is 0.217. The van der Waals surface area contributed by atoms with Crippen molar-refractivity contribution >= 4 is 15.9 Å². The predicted molar refractivity (Wildman–Crippen MR) is 74.0 cm³/mol. The summed E-state index contributed by atoms with van der Waals surface area (Å²) in [4.78, 5) is 0. The van der Waals surface area contributed by atoms with E-state index < -0.39 is 0 Å². The fraction of sp³-hybridized carbons (Fsp3) is 0.571. The topological polar surface area (TPSA) is 21.3 Å². The maximum Gasteiger partial charge on any atom is 0.137 e. The van der Waals surface area contributed by atoms with Crippen LogP contribution in [0.1, 0.15) is 31.4 Å². The molecule has 3 unspecified atom stereocenters. The van der Waals surface area contributed by atoms with Crippen molar-refractivity contribution in [1.82, 2.24) is 5.32 Å². The highest BCUT2D eigenvalue weighted by atomic mass is 79.9. The van der Waals surface area contributed by atoms with Gasteiger partial charge in [-0.15, -0.1) is 0 Å². The maximum atomic E-state index is 13.3. The van der Waals surface area contributed by atoms with Crippen LogP contribution in [0.15, 0.2) is 22.7 Å². The summed E-state index contributed by atoms with van der Waals surface area (Å²) in [6.07, 6.45) is 2.37. The van der Waals surface area contributed by atoms with E-state index in [1.807, 2.05) is 19.2 Å². The Bertz CT molecular complexity index is 413.